The molecule has 0 radical (unpaired) electrons. The van der Waals surface area contributed by atoms with E-state index in [0.717, 1.165) is 52.4 Å². The van der Waals surface area contributed by atoms with Crippen molar-refractivity contribution in [3.05, 3.63) is 94.3 Å². The van der Waals surface area contributed by atoms with Crippen molar-refractivity contribution in [3.63, 3.8) is 0 Å². The summed E-state index contributed by atoms with van der Waals surface area (Å²) < 4.78 is 3.38. The second-order valence-electron chi connectivity index (χ2n) is 7.83. The highest BCUT2D eigenvalue weighted by atomic mass is 35.5. The van der Waals surface area contributed by atoms with Crippen LogP contribution in [0.15, 0.2) is 72.2 Å². The predicted molar refractivity (Wildman–Crippen MR) is 122 cm³/mol. The van der Waals surface area contributed by atoms with E-state index < -0.39 is 0 Å². The van der Waals surface area contributed by atoms with Gasteiger partial charge in [0.15, 0.2) is 0 Å². The van der Waals surface area contributed by atoms with Crippen molar-refractivity contribution >= 4 is 11.6 Å². The Labute approximate surface area is 192 Å². The van der Waals surface area contributed by atoms with E-state index in [1.54, 1.807) is 35.4 Å². The molecule has 0 spiro atoms. The van der Waals surface area contributed by atoms with E-state index in [4.69, 9.17) is 11.6 Å². The summed E-state index contributed by atoms with van der Waals surface area (Å²) in [5.41, 5.74) is 5.07. The fourth-order valence-corrected chi connectivity index (χ4v) is 4.58. The third kappa shape index (κ3) is 3.42. The van der Waals surface area contributed by atoms with Crippen molar-refractivity contribution in [1.82, 2.24) is 39.7 Å². The topological polar surface area (TPSA) is 107 Å². The average molecular weight is 457 g/mol. The van der Waals surface area contributed by atoms with Crippen LogP contribution in [0.5, 0.6) is 0 Å². The van der Waals surface area contributed by atoms with E-state index in [1.807, 2.05) is 34.9 Å². The molecule has 1 atom stereocenters. The third-order valence-corrected chi connectivity index (χ3v) is 6.14. The summed E-state index contributed by atoms with van der Waals surface area (Å²) in [6.07, 6.45) is 8.35. The first kappa shape index (κ1) is 19.6. The van der Waals surface area contributed by atoms with Crippen LogP contribution in [0.25, 0.3) is 28.1 Å². The summed E-state index contributed by atoms with van der Waals surface area (Å²) in [6.45, 7) is 0. The smallest absolute Gasteiger partial charge is 0.252 e. The van der Waals surface area contributed by atoms with E-state index in [1.165, 1.54) is 6.33 Å². The van der Waals surface area contributed by atoms with Gasteiger partial charge in [-0.2, -0.15) is 4.68 Å². The van der Waals surface area contributed by atoms with Gasteiger partial charge in [-0.25, -0.2) is 4.98 Å². The molecule has 162 valence electrons. The number of imidazole rings is 1. The maximum atomic E-state index is 13.3. The third-order valence-electron chi connectivity index (χ3n) is 5.90. The van der Waals surface area contributed by atoms with Gasteiger partial charge in [-0.1, -0.05) is 11.6 Å². The maximum absolute atomic E-state index is 13.3. The molecule has 0 amide bonds. The Kier molecular flexibility index (Phi) is 4.62. The molecule has 0 unspecified atom stereocenters. The molecule has 0 saturated heterocycles. The Morgan fingerprint density at radius 3 is 2.76 bits per heavy atom. The molecule has 5 heterocycles. The number of aryl methyl sites for hydroxylation is 1. The second-order valence-corrected chi connectivity index (χ2v) is 8.27. The van der Waals surface area contributed by atoms with Crippen molar-refractivity contribution in [2.45, 2.75) is 18.9 Å². The minimum absolute atomic E-state index is 0.0884. The molecule has 33 heavy (non-hydrogen) atoms. The van der Waals surface area contributed by atoms with Crippen LogP contribution in [0.1, 0.15) is 24.0 Å². The first-order valence-corrected chi connectivity index (χ1v) is 10.8. The molecule has 1 aromatic carbocycles. The lowest BCUT2D eigenvalue weighted by atomic mass is 10.0. The number of pyridine rings is 2. The minimum atomic E-state index is -0.143. The van der Waals surface area contributed by atoms with Crippen molar-refractivity contribution in [2.24, 2.45) is 0 Å². The normalized spacial score (nSPS) is 15.0. The Bertz CT molecular complexity index is 1510. The van der Waals surface area contributed by atoms with E-state index in [0.29, 0.717) is 5.02 Å². The molecule has 0 fully saturated rings. The molecule has 1 aliphatic heterocycles. The highest BCUT2D eigenvalue weighted by Gasteiger charge is 2.28. The van der Waals surface area contributed by atoms with Crippen LogP contribution in [0.2, 0.25) is 5.02 Å². The van der Waals surface area contributed by atoms with Gasteiger partial charge < -0.3 is 9.55 Å². The van der Waals surface area contributed by atoms with Gasteiger partial charge in [-0.05, 0) is 65.2 Å². The van der Waals surface area contributed by atoms with Crippen LogP contribution in [0.4, 0.5) is 0 Å². The van der Waals surface area contributed by atoms with E-state index in [9.17, 15) is 4.79 Å². The molecule has 10 heteroatoms. The van der Waals surface area contributed by atoms with Crippen LogP contribution in [0, 0.1) is 0 Å². The van der Waals surface area contributed by atoms with Gasteiger partial charge in [0.1, 0.15) is 12.2 Å². The van der Waals surface area contributed by atoms with E-state index in [-0.39, 0.29) is 11.6 Å². The Morgan fingerprint density at radius 1 is 1.06 bits per heavy atom. The fraction of sp³-hybridized carbons (Fsp3) is 0.130. The van der Waals surface area contributed by atoms with Gasteiger partial charge in [0, 0.05) is 40.3 Å². The number of fused-ring (bicyclic) bond motifs is 1. The summed E-state index contributed by atoms with van der Waals surface area (Å²) in [7, 11) is 0. The first-order chi connectivity index (χ1) is 16.2. The van der Waals surface area contributed by atoms with Crippen molar-refractivity contribution in [3.8, 4) is 28.1 Å². The quantitative estimate of drug-likeness (QED) is 0.443. The highest BCUT2D eigenvalue weighted by molar-refractivity contribution is 6.31. The van der Waals surface area contributed by atoms with Gasteiger partial charge in [0.25, 0.3) is 5.56 Å². The molecular formula is C23H17ClN8O. The molecule has 1 N–H and O–H groups in total. The summed E-state index contributed by atoms with van der Waals surface area (Å²) in [6, 6.07) is 12.8. The Morgan fingerprint density at radius 2 is 1.94 bits per heavy atom. The number of hydrogen-bond donors (Lipinski definition) is 1. The number of H-pyrrole nitrogens is 1. The maximum Gasteiger partial charge on any atom is 0.252 e. The molecule has 4 aromatic heterocycles. The lowest BCUT2D eigenvalue weighted by Gasteiger charge is -2.15. The van der Waals surface area contributed by atoms with Crippen LogP contribution in [0.3, 0.4) is 0 Å². The SMILES string of the molecule is O=c1cc(-c2cc(Cl)ccc2-n2cnnn2)cc2n1[C@H](c1ncc(-c3ccncc3)[nH]1)CC2. The summed E-state index contributed by atoms with van der Waals surface area (Å²) >= 11 is 6.28. The zero-order valence-electron chi connectivity index (χ0n) is 17.3. The lowest BCUT2D eigenvalue weighted by molar-refractivity contribution is 0.572. The average Bonchev–Trinajstić information content (AvgIpc) is 3.60. The summed E-state index contributed by atoms with van der Waals surface area (Å²) in [5.74, 6) is 0.771. The number of halogens is 1. The number of aromatic nitrogens is 8. The zero-order chi connectivity index (χ0) is 22.4. The molecule has 1 aliphatic rings. The molecule has 6 rings (SSSR count). The van der Waals surface area contributed by atoms with Crippen molar-refractivity contribution < 1.29 is 0 Å². The van der Waals surface area contributed by atoms with Crippen LogP contribution >= 0.6 is 11.6 Å². The Hall–Kier alpha value is -4.11. The molecule has 5 aromatic rings. The second kappa shape index (κ2) is 7.79. The van der Waals surface area contributed by atoms with Gasteiger partial charge >= 0.3 is 0 Å². The largest absolute Gasteiger partial charge is 0.340 e. The van der Waals surface area contributed by atoms with Crippen molar-refractivity contribution in [2.75, 3.05) is 0 Å². The zero-order valence-corrected chi connectivity index (χ0v) is 18.0. The van der Waals surface area contributed by atoms with Gasteiger partial charge in [0.2, 0.25) is 0 Å². The number of hydrogen-bond acceptors (Lipinski definition) is 6. The number of nitrogens with zero attached hydrogens (tertiary/aromatic N) is 7. The van der Waals surface area contributed by atoms with Gasteiger partial charge in [0.05, 0.1) is 23.6 Å². The molecular weight excluding hydrogens is 440 g/mol. The van der Waals surface area contributed by atoms with Gasteiger partial charge in [-0.15, -0.1) is 5.10 Å². The van der Waals surface area contributed by atoms with E-state index >= 15 is 0 Å². The van der Waals surface area contributed by atoms with E-state index in [2.05, 4.69) is 30.5 Å². The molecule has 9 nitrogen and oxygen atoms in total. The predicted octanol–water partition coefficient (Wildman–Crippen LogP) is 3.47. The minimum Gasteiger partial charge on any atom is -0.340 e. The van der Waals surface area contributed by atoms with Crippen LogP contribution in [-0.4, -0.2) is 39.7 Å². The van der Waals surface area contributed by atoms with Crippen LogP contribution < -0.4 is 5.56 Å². The molecule has 0 bridgehead atoms. The standard InChI is InChI=1S/C23H17ClN8O/c24-16-1-3-20(31-13-27-29-30-31)18(11-16)15-9-17-2-4-21(32(17)22(33)10-15)23-26-12-19(28-23)14-5-7-25-8-6-14/h1,3,5-13,21H,2,4H2,(H,26,28)/t21-/m0/s1. The number of aromatic amines is 1. The Balaban J connectivity index is 1.40. The fourth-order valence-electron chi connectivity index (χ4n) is 4.40. The monoisotopic (exact) mass is 456 g/mol. The van der Waals surface area contributed by atoms with Crippen molar-refractivity contribution in [1.29, 1.82) is 0 Å². The summed E-state index contributed by atoms with van der Waals surface area (Å²) in [5, 5.41) is 12.0. The summed E-state index contributed by atoms with van der Waals surface area (Å²) in [4.78, 5) is 25.3. The van der Waals surface area contributed by atoms with Crippen LogP contribution in [-0.2, 0) is 6.42 Å². The number of tetrazole rings is 1. The van der Waals surface area contributed by atoms with Gasteiger partial charge in [-0.3, -0.25) is 9.78 Å². The first-order valence-electron chi connectivity index (χ1n) is 10.4. The molecule has 0 aliphatic carbocycles. The number of rotatable bonds is 4. The molecule has 0 saturated carbocycles. The lowest BCUT2D eigenvalue weighted by Crippen LogP contribution is -2.23. The number of nitrogens with one attached hydrogen (secondary N) is 1. The highest BCUT2D eigenvalue weighted by Crippen LogP contribution is 2.34. The number of benzene rings is 1.